The summed E-state index contributed by atoms with van der Waals surface area (Å²) in [4.78, 5) is 2.49. The Hall–Kier alpha value is -1.69. The predicted octanol–water partition coefficient (Wildman–Crippen LogP) is 2.25. The molecule has 4 rings (SSSR count). The van der Waals surface area contributed by atoms with Crippen LogP contribution in [0.3, 0.4) is 0 Å². The second-order valence-corrected chi connectivity index (χ2v) is 6.52. The number of hydrogen-bond donors (Lipinski definition) is 0. The molecule has 23 heavy (non-hydrogen) atoms. The Kier molecular flexibility index (Phi) is 4.16. The predicted molar refractivity (Wildman–Crippen MR) is 87.6 cm³/mol. The van der Waals surface area contributed by atoms with Crippen LogP contribution in [0.1, 0.15) is 18.4 Å². The average Bonchev–Trinajstić information content (AvgIpc) is 3.11. The van der Waals surface area contributed by atoms with Gasteiger partial charge in [0.2, 0.25) is 0 Å². The second kappa shape index (κ2) is 6.43. The van der Waals surface area contributed by atoms with Crippen molar-refractivity contribution >= 4 is 0 Å². The molecule has 2 aliphatic heterocycles. The van der Waals surface area contributed by atoms with E-state index in [9.17, 15) is 0 Å². The minimum atomic E-state index is -0.0779. The molecule has 0 aliphatic carbocycles. The summed E-state index contributed by atoms with van der Waals surface area (Å²) < 4.78 is 13.6. The molecule has 0 saturated carbocycles. The first-order valence-electron chi connectivity index (χ1n) is 8.36. The normalized spacial score (nSPS) is 25.7. The van der Waals surface area contributed by atoms with Crippen LogP contribution < -0.4 is 0 Å². The van der Waals surface area contributed by atoms with E-state index in [1.165, 1.54) is 5.56 Å². The van der Waals surface area contributed by atoms with Crippen molar-refractivity contribution in [3.63, 3.8) is 0 Å². The Bertz CT molecular complexity index is 613. The topological polar surface area (TPSA) is 39.5 Å². The highest BCUT2D eigenvalue weighted by Gasteiger charge is 2.38. The van der Waals surface area contributed by atoms with Crippen LogP contribution in [0.5, 0.6) is 0 Å². The summed E-state index contributed by atoms with van der Waals surface area (Å²) in [6.07, 6.45) is 5.98. The smallest absolute Gasteiger partial charge is 0.104 e. The first-order chi connectivity index (χ1) is 11.3. The van der Waals surface area contributed by atoms with Crippen LogP contribution >= 0.6 is 0 Å². The monoisotopic (exact) mass is 313 g/mol. The Morgan fingerprint density at radius 2 is 2.09 bits per heavy atom. The molecular formula is C18H23N3O2. The lowest BCUT2D eigenvalue weighted by Crippen LogP contribution is -2.55. The molecule has 1 spiro atoms. The van der Waals surface area contributed by atoms with Crippen LogP contribution in [0.2, 0.25) is 0 Å². The fraction of sp³-hybridized carbons (Fsp3) is 0.500. The number of aromatic nitrogens is 2. The molecule has 0 amide bonds. The van der Waals surface area contributed by atoms with Gasteiger partial charge in [-0.3, -0.25) is 4.90 Å². The van der Waals surface area contributed by atoms with Gasteiger partial charge in [-0.05, 0) is 36.6 Å². The number of benzene rings is 1. The van der Waals surface area contributed by atoms with Crippen LogP contribution in [0.25, 0.3) is 5.69 Å². The zero-order valence-electron chi connectivity index (χ0n) is 13.4. The number of hydrogen-bond acceptors (Lipinski definition) is 4. The van der Waals surface area contributed by atoms with Crippen molar-refractivity contribution in [3.8, 4) is 5.69 Å². The summed E-state index contributed by atoms with van der Waals surface area (Å²) in [5.41, 5.74) is 2.35. The van der Waals surface area contributed by atoms with E-state index in [1.807, 2.05) is 16.9 Å². The van der Waals surface area contributed by atoms with E-state index >= 15 is 0 Å². The largest absolute Gasteiger partial charge is 0.378 e. The minimum Gasteiger partial charge on any atom is -0.378 e. The highest BCUT2D eigenvalue weighted by Crippen LogP contribution is 2.28. The molecule has 5 heteroatoms. The van der Waals surface area contributed by atoms with E-state index in [-0.39, 0.29) is 5.60 Å². The maximum absolute atomic E-state index is 6.06. The van der Waals surface area contributed by atoms with E-state index in [4.69, 9.17) is 9.47 Å². The lowest BCUT2D eigenvalue weighted by atomic mass is 9.94. The summed E-state index contributed by atoms with van der Waals surface area (Å²) in [6, 6.07) is 10.6. The molecule has 0 bridgehead atoms. The number of nitrogens with zero attached hydrogens (tertiary/aromatic N) is 3. The Balaban J connectivity index is 1.41. The third-order valence-corrected chi connectivity index (χ3v) is 4.73. The van der Waals surface area contributed by atoms with Crippen LogP contribution in [0.4, 0.5) is 0 Å². The summed E-state index contributed by atoms with van der Waals surface area (Å²) in [5.74, 6) is 0. The van der Waals surface area contributed by atoms with Gasteiger partial charge >= 0.3 is 0 Å². The van der Waals surface area contributed by atoms with Gasteiger partial charge in [0.1, 0.15) is 5.60 Å². The van der Waals surface area contributed by atoms with Gasteiger partial charge in [0, 0.05) is 38.6 Å². The molecule has 2 aliphatic rings. The molecule has 3 heterocycles. The molecule has 2 fully saturated rings. The molecule has 2 aromatic rings. The van der Waals surface area contributed by atoms with Crippen LogP contribution in [-0.2, 0) is 16.0 Å². The quantitative estimate of drug-likeness (QED) is 0.871. The van der Waals surface area contributed by atoms with Crippen molar-refractivity contribution in [3.05, 3.63) is 48.3 Å². The fourth-order valence-corrected chi connectivity index (χ4v) is 3.56. The zero-order chi connectivity index (χ0) is 15.5. The molecule has 2 saturated heterocycles. The van der Waals surface area contributed by atoms with Gasteiger partial charge in [-0.2, -0.15) is 5.10 Å². The molecule has 1 atom stereocenters. The van der Waals surface area contributed by atoms with Crippen molar-refractivity contribution < 1.29 is 9.47 Å². The van der Waals surface area contributed by atoms with Crippen molar-refractivity contribution in [1.29, 1.82) is 0 Å². The lowest BCUT2D eigenvalue weighted by molar-refractivity contribution is -0.169. The first-order valence-corrected chi connectivity index (χ1v) is 8.36. The lowest BCUT2D eigenvalue weighted by Gasteiger charge is -2.44. The van der Waals surface area contributed by atoms with Gasteiger partial charge in [-0.1, -0.05) is 12.1 Å². The van der Waals surface area contributed by atoms with Crippen molar-refractivity contribution in [2.45, 2.75) is 25.0 Å². The van der Waals surface area contributed by atoms with Crippen LogP contribution in [0.15, 0.2) is 42.7 Å². The highest BCUT2D eigenvalue weighted by atomic mass is 16.5. The van der Waals surface area contributed by atoms with Crippen LogP contribution in [0, 0.1) is 0 Å². The average molecular weight is 313 g/mol. The van der Waals surface area contributed by atoms with Crippen LogP contribution in [-0.4, -0.2) is 53.2 Å². The maximum Gasteiger partial charge on any atom is 0.104 e. The molecule has 0 N–H and O–H groups in total. The third kappa shape index (κ3) is 3.32. The molecule has 1 aromatic carbocycles. The highest BCUT2D eigenvalue weighted by molar-refractivity contribution is 5.33. The number of morpholine rings is 1. The van der Waals surface area contributed by atoms with E-state index < -0.39 is 0 Å². The van der Waals surface area contributed by atoms with E-state index in [1.54, 1.807) is 6.20 Å². The minimum absolute atomic E-state index is 0.0779. The summed E-state index contributed by atoms with van der Waals surface area (Å²) in [5, 5.41) is 4.26. The molecule has 5 nitrogen and oxygen atoms in total. The molecular weight excluding hydrogens is 290 g/mol. The van der Waals surface area contributed by atoms with Gasteiger partial charge in [0.15, 0.2) is 0 Å². The standard InChI is InChI=1S/C18H23N3O2/c1-7-18(15-22-11-1)14-20(10-12-23-18)13-16-3-5-17(6-4-16)21-9-2-8-19-21/h2-6,8-9H,1,7,10-15H2. The summed E-state index contributed by atoms with van der Waals surface area (Å²) >= 11 is 0. The number of rotatable bonds is 3. The number of ether oxygens (including phenoxy) is 2. The fourth-order valence-electron chi connectivity index (χ4n) is 3.56. The zero-order valence-corrected chi connectivity index (χ0v) is 13.4. The maximum atomic E-state index is 6.06. The SMILES string of the molecule is c1cnn(-c2ccc(CN3CCOC4(CCCOC4)C3)cc2)c1. The van der Waals surface area contributed by atoms with E-state index in [0.29, 0.717) is 0 Å². The van der Waals surface area contributed by atoms with E-state index in [0.717, 1.165) is 58.0 Å². The molecule has 1 aromatic heterocycles. The Morgan fingerprint density at radius 1 is 1.17 bits per heavy atom. The first kappa shape index (κ1) is 14.9. The van der Waals surface area contributed by atoms with E-state index in [2.05, 4.69) is 34.3 Å². The Morgan fingerprint density at radius 3 is 2.83 bits per heavy atom. The molecule has 0 radical (unpaired) electrons. The summed E-state index contributed by atoms with van der Waals surface area (Å²) in [6.45, 7) is 5.33. The van der Waals surface area contributed by atoms with Crippen molar-refractivity contribution in [2.24, 2.45) is 0 Å². The third-order valence-electron chi connectivity index (χ3n) is 4.73. The van der Waals surface area contributed by atoms with Crippen molar-refractivity contribution in [1.82, 2.24) is 14.7 Å². The summed E-state index contributed by atoms with van der Waals surface area (Å²) in [7, 11) is 0. The van der Waals surface area contributed by atoms with Gasteiger partial charge in [-0.25, -0.2) is 4.68 Å². The Labute approximate surface area is 136 Å². The van der Waals surface area contributed by atoms with Gasteiger partial charge in [0.25, 0.3) is 0 Å². The van der Waals surface area contributed by atoms with Gasteiger partial charge in [0.05, 0.1) is 18.9 Å². The molecule has 122 valence electrons. The second-order valence-electron chi connectivity index (χ2n) is 6.52. The molecule has 1 unspecified atom stereocenters. The van der Waals surface area contributed by atoms with Gasteiger partial charge in [-0.15, -0.1) is 0 Å². The van der Waals surface area contributed by atoms with Gasteiger partial charge < -0.3 is 9.47 Å². The van der Waals surface area contributed by atoms with Crippen molar-refractivity contribution in [2.75, 3.05) is 32.9 Å².